The third-order valence-electron chi connectivity index (χ3n) is 2.32. The summed E-state index contributed by atoms with van der Waals surface area (Å²) >= 11 is 3.31. The van der Waals surface area contributed by atoms with E-state index >= 15 is 0 Å². The summed E-state index contributed by atoms with van der Waals surface area (Å²) in [5.41, 5.74) is 6.56. The first-order valence-electron chi connectivity index (χ1n) is 4.76. The van der Waals surface area contributed by atoms with Crippen LogP contribution in [0.1, 0.15) is 5.69 Å². The summed E-state index contributed by atoms with van der Waals surface area (Å²) < 4.78 is 2.28. The molecule has 0 aliphatic rings. The maximum absolute atomic E-state index is 10.8. The van der Waals surface area contributed by atoms with Gasteiger partial charge < -0.3 is 5.73 Å². The third kappa shape index (κ3) is 2.01. The SMILES string of the molecule is Cc1nn(-c2ccc(Br)cc2)c(N)c1[N+](=O)[O-]. The molecule has 0 aliphatic heterocycles. The summed E-state index contributed by atoms with van der Waals surface area (Å²) in [6.07, 6.45) is 0. The largest absolute Gasteiger partial charge is 0.378 e. The fourth-order valence-electron chi connectivity index (χ4n) is 1.54. The highest BCUT2D eigenvalue weighted by molar-refractivity contribution is 9.10. The summed E-state index contributed by atoms with van der Waals surface area (Å²) in [5.74, 6) is 0.0369. The van der Waals surface area contributed by atoms with Crippen LogP contribution in [-0.2, 0) is 0 Å². The van der Waals surface area contributed by atoms with E-state index in [2.05, 4.69) is 21.0 Å². The van der Waals surface area contributed by atoms with Crippen molar-refractivity contribution in [1.82, 2.24) is 9.78 Å². The first-order valence-corrected chi connectivity index (χ1v) is 5.55. The zero-order valence-corrected chi connectivity index (χ0v) is 10.5. The average molecular weight is 297 g/mol. The van der Waals surface area contributed by atoms with E-state index in [1.165, 1.54) is 4.68 Å². The van der Waals surface area contributed by atoms with Gasteiger partial charge in [0.25, 0.3) is 0 Å². The van der Waals surface area contributed by atoms with Crippen LogP contribution in [0.2, 0.25) is 0 Å². The van der Waals surface area contributed by atoms with Crippen molar-refractivity contribution in [2.24, 2.45) is 0 Å². The summed E-state index contributed by atoms with van der Waals surface area (Å²) in [7, 11) is 0. The fourth-order valence-corrected chi connectivity index (χ4v) is 1.81. The van der Waals surface area contributed by atoms with E-state index in [0.29, 0.717) is 11.4 Å². The minimum atomic E-state index is -0.521. The molecule has 0 fully saturated rings. The maximum atomic E-state index is 10.8. The number of nitrogens with two attached hydrogens (primary N) is 1. The lowest BCUT2D eigenvalue weighted by atomic mass is 10.3. The van der Waals surface area contributed by atoms with Crippen molar-refractivity contribution < 1.29 is 4.92 Å². The second-order valence-electron chi connectivity index (χ2n) is 3.46. The van der Waals surface area contributed by atoms with E-state index in [9.17, 15) is 10.1 Å². The van der Waals surface area contributed by atoms with Gasteiger partial charge in [-0.1, -0.05) is 15.9 Å². The highest BCUT2D eigenvalue weighted by Crippen LogP contribution is 2.28. The van der Waals surface area contributed by atoms with Gasteiger partial charge in [0.2, 0.25) is 5.82 Å². The first-order chi connectivity index (χ1) is 8.00. The van der Waals surface area contributed by atoms with Crippen LogP contribution in [0, 0.1) is 17.0 Å². The number of benzene rings is 1. The van der Waals surface area contributed by atoms with E-state index < -0.39 is 4.92 Å². The molecule has 2 aromatic rings. The Kier molecular flexibility index (Phi) is 2.84. The Hall–Kier alpha value is -1.89. The monoisotopic (exact) mass is 296 g/mol. The molecule has 7 heteroatoms. The normalized spacial score (nSPS) is 10.5. The minimum Gasteiger partial charge on any atom is -0.378 e. The van der Waals surface area contributed by atoms with Crippen molar-refractivity contribution in [3.8, 4) is 5.69 Å². The van der Waals surface area contributed by atoms with Gasteiger partial charge in [0.15, 0.2) is 0 Å². The van der Waals surface area contributed by atoms with E-state index in [4.69, 9.17) is 5.73 Å². The Morgan fingerprint density at radius 3 is 2.47 bits per heavy atom. The molecule has 0 amide bonds. The molecular weight excluding hydrogens is 288 g/mol. The molecule has 0 aliphatic carbocycles. The fraction of sp³-hybridized carbons (Fsp3) is 0.100. The smallest absolute Gasteiger partial charge is 0.333 e. The Morgan fingerprint density at radius 1 is 1.41 bits per heavy atom. The molecule has 17 heavy (non-hydrogen) atoms. The molecule has 2 rings (SSSR count). The first kappa shape index (κ1) is 11.6. The molecule has 0 saturated heterocycles. The molecule has 0 unspecified atom stereocenters. The number of aromatic nitrogens is 2. The van der Waals surface area contributed by atoms with Gasteiger partial charge in [-0.05, 0) is 31.2 Å². The van der Waals surface area contributed by atoms with Crippen molar-refractivity contribution in [2.75, 3.05) is 5.73 Å². The summed E-state index contributed by atoms with van der Waals surface area (Å²) in [6.45, 7) is 1.56. The highest BCUT2D eigenvalue weighted by atomic mass is 79.9. The van der Waals surface area contributed by atoms with E-state index in [0.717, 1.165) is 4.47 Å². The number of aryl methyl sites for hydroxylation is 1. The average Bonchev–Trinajstić information content (AvgIpc) is 2.55. The number of nitrogen functional groups attached to an aromatic ring is 1. The van der Waals surface area contributed by atoms with E-state index in [-0.39, 0.29) is 11.5 Å². The quantitative estimate of drug-likeness (QED) is 0.681. The zero-order valence-electron chi connectivity index (χ0n) is 8.92. The van der Waals surface area contributed by atoms with Crippen LogP contribution >= 0.6 is 15.9 Å². The van der Waals surface area contributed by atoms with Gasteiger partial charge in [-0.2, -0.15) is 5.10 Å². The zero-order chi connectivity index (χ0) is 12.6. The van der Waals surface area contributed by atoms with Crippen LogP contribution in [0.5, 0.6) is 0 Å². The van der Waals surface area contributed by atoms with E-state index in [1.54, 1.807) is 19.1 Å². The predicted molar refractivity (Wildman–Crippen MR) is 67.1 cm³/mol. The number of hydrogen-bond donors (Lipinski definition) is 1. The van der Waals surface area contributed by atoms with Crippen LogP contribution < -0.4 is 5.73 Å². The number of anilines is 1. The molecular formula is C10H9BrN4O2. The topological polar surface area (TPSA) is 87.0 Å². The summed E-state index contributed by atoms with van der Waals surface area (Å²) in [4.78, 5) is 10.3. The molecule has 1 heterocycles. The molecule has 0 bridgehead atoms. The number of halogens is 1. The van der Waals surface area contributed by atoms with Gasteiger partial charge in [-0.3, -0.25) is 10.1 Å². The molecule has 6 nitrogen and oxygen atoms in total. The van der Waals surface area contributed by atoms with Crippen LogP contribution in [-0.4, -0.2) is 14.7 Å². The van der Waals surface area contributed by atoms with Crippen molar-refractivity contribution in [3.63, 3.8) is 0 Å². The lowest BCUT2D eigenvalue weighted by Gasteiger charge is -2.02. The number of hydrogen-bond acceptors (Lipinski definition) is 4. The number of nitro groups is 1. The predicted octanol–water partition coefficient (Wildman–Crippen LogP) is 2.43. The van der Waals surface area contributed by atoms with Gasteiger partial charge in [-0.15, -0.1) is 0 Å². The minimum absolute atomic E-state index is 0.0369. The Labute approximate surface area is 105 Å². The van der Waals surface area contributed by atoms with Gasteiger partial charge in [-0.25, -0.2) is 4.68 Å². The van der Waals surface area contributed by atoms with Gasteiger partial charge in [0, 0.05) is 4.47 Å². The van der Waals surface area contributed by atoms with Crippen LogP contribution in [0.3, 0.4) is 0 Å². The van der Waals surface area contributed by atoms with Gasteiger partial charge in [0.05, 0.1) is 10.6 Å². The number of nitrogens with zero attached hydrogens (tertiary/aromatic N) is 3. The molecule has 0 saturated carbocycles. The molecule has 88 valence electrons. The lowest BCUT2D eigenvalue weighted by Crippen LogP contribution is -2.02. The Balaban J connectivity index is 2.57. The molecule has 0 spiro atoms. The standard InChI is InChI=1S/C10H9BrN4O2/c1-6-9(15(16)17)10(12)14(13-6)8-4-2-7(11)3-5-8/h2-5H,12H2,1H3. The van der Waals surface area contributed by atoms with Crippen molar-refractivity contribution in [3.05, 3.63) is 44.5 Å². The van der Waals surface area contributed by atoms with Gasteiger partial charge >= 0.3 is 5.69 Å². The third-order valence-corrected chi connectivity index (χ3v) is 2.85. The second-order valence-corrected chi connectivity index (χ2v) is 4.38. The molecule has 1 aromatic carbocycles. The van der Waals surface area contributed by atoms with Crippen LogP contribution in [0.25, 0.3) is 5.69 Å². The highest BCUT2D eigenvalue weighted by Gasteiger charge is 2.23. The van der Waals surface area contributed by atoms with Crippen molar-refractivity contribution in [1.29, 1.82) is 0 Å². The second kappa shape index (κ2) is 4.17. The van der Waals surface area contributed by atoms with Crippen LogP contribution in [0.15, 0.2) is 28.7 Å². The Morgan fingerprint density at radius 2 is 2.00 bits per heavy atom. The summed E-state index contributed by atoms with van der Waals surface area (Å²) in [6, 6.07) is 7.18. The van der Waals surface area contributed by atoms with Crippen molar-refractivity contribution >= 4 is 27.4 Å². The van der Waals surface area contributed by atoms with Crippen molar-refractivity contribution in [2.45, 2.75) is 6.92 Å². The maximum Gasteiger partial charge on any atom is 0.333 e. The molecule has 0 atom stereocenters. The Bertz CT molecular complexity index is 577. The molecule has 2 N–H and O–H groups in total. The van der Waals surface area contributed by atoms with E-state index in [1.807, 2.05) is 12.1 Å². The van der Waals surface area contributed by atoms with Gasteiger partial charge in [0.1, 0.15) is 5.69 Å². The number of rotatable bonds is 2. The molecule has 1 aromatic heterocycles. The summed E-state index contributed by atoms with van der Waals surface area (Å²) in [5, 5.41) is 14.9. The van der Waals surface area contributed by atoms with Crippen LogP contribution in [0.4, 0.5) is 11.5 Å². The lowest BCUT2D eigenvalue weighted by molar-refractivity contribution is -0.384. The molecule has 0 radical (unpaired) electrons.